The lowest BCUT2D eigenvalue weighted by molar-refractivity contribution is -0.388. The number of rotatable bonds is 3. The van der Waals surface area contributed by atoms with Crippen molar-refractivity contribution in [2.75, 3.05) is 0 Å². The molecule has 0 amide bonds. The lowest BCUT2D eigenvalue weighted by Gasteiger charge is -2.04. The Bertz CT molecular complexity index is 916. The first-order valence-corrected chi connectivity index (χ1v) is 6.22. The number of nitro groups is 2. The van der Waals surface area contributed by atoms with Crippen LogP contribution in [0.1, 0.15) is 0 Å². The van der Waals surface area contributed by atoms with E-state index in [1.165, 1.54) is 0 Å². The number of aromatic hydroxyl groups is 1. The Balaban J connectivity index is 2.39. The fourth-order valence-corrected chi connectivity index (χ4v) is 2.38. The molecule has 0 unspecified atom stereocenters. The molecule has 0 aliphatic carbocycles. The number of non-ortho nitro benzene ring substituents is 1. The number of hydrogen-bond acceptors (Lipinski definition) is 5. The molecular weight excluding hydrogens is 290 g/mol. The van der Waals surface area contributed by atoms with Crippen molar-refractivity contribution >= 4 is 22.4 Å². The summed E-state index contributed by atoms with van der Waals surface area (Å²) >= 11 is 0. The normalized spacial score (nSPS) is 10.7. The zero-order valence-electron chi connectivity index (χ0n) is 11.0. The van der Waals surface area contributed by atoms with Crippen LogP contribution in [0.5, 0.6) is 5.75 Å². The van der Waals surface area contributed by atoms with Crippen molar-refractivity contribution in [2.45, 2.75) is 0 Å². The fourth-order valence-electron chi connectivity index (χ4n) is 2.38. The fraction of sp³-hybridized carbons (Fsp3) is 0. The molecule has 1 heterocycles. The predicted octanol–water partition coefficient (Wildman–Crippen LogP) is 3.36. The summed E-state index contributed by atoms with van der Waals surface area (Å²) in [6.45, 7) is 0. The molecule has 3 rings (SSSR count). The maximum Gasteiger partial charge on any atom is 0.329 e. The molecule has 22 heavy (non-hydrogen) atoms. The largest absolute Gasteiger partial charge is 0.507 e. The third-order valence-corrected chi connectivity index (χ3v) is 3.33. The Labute approximate surface area is 122 Å². The Morgan fingerprint density at radius 3 is 2.41 bits per heavy atom. The van der Waals surface area contributed by atoms with Crippen LogP contribution in [-0.2, 0) is 0 Å². The van der Waals surface area contributed by atoms with Crippen LogP contribution in [0.4, 0.5) is 11.5 Å². The van der Waals surface area contributed by atoms with Crippen molar-refractivity contribution in [3.8, 4) is 16.9 Å². The summed E-state index contributed by atoms with van der Waals surface area (Å²) in [5.41, 5.74) is 0.419. The van der Waals surface area contributed by atoms with Gasteiger partial charge in [0.15, 0.2) is 0 Å². The van der Waals surface area contributed by atoms with Crippen LogP contribution >= 0.6 is 0 Å². The van der Waals surface area contributed by atoms with Crippen LogP contribution in [-0.4, -0.2) is 19.9 Å². The molecule has 0 radical (unpaired) electrons. The van der Waals surface area contributed by atoms with Gasteiger partial charge in [-0.3, -0.25) is 10.1 Å². The van der Waals surface area contributed by atoms with Gasteiger partial charge < -0.3 is 15.2 Å². The number of hydrogen-bond donors (Lipinski definition) is 2. The molecule has 1 aromatic heterocycles. The summed E-state index contributed by atoms with van der Waals surface area (Å²) < 4.78 is 0. The van der Waals surface area contributed by atoms with Crippen molar-refractivity contribution < 1.29 is 15.0 Å². The van der Waals surface area contributed by atoms with Crippen LogP contribution in [0.25, 0.3) is 22.0 Å². The molecule has 8 heteroatoms. The number of nitrogens with zero attached hydrogens (tertiary/aromatic N) is 2. The average molecular weight is 299 g/mol. The summed E-state index contributed by atoms with van der Waals surface area (Å²) in [7, 11) is 0. The lowest BCUT2D eigenvalue weighted by atomic mass is 10.0. The minimum absolute atomic E-state index is 0.0401. The first-order chi connectivity index (χ1) is 10.5. The van der Waals surface area contributed by atoms with E-state index in [0.29, 0.717) is 10.9 Å². The van der Waals surface area contributed by atoms with Gasteiger partial charge in [-0.25, -0.2) is 4.98 Å². The molecule has 0 saturated heterocycles. The summed E-state index contributed by atoms with van der Waals surface area (Å²) in [6, 6.07) is 10.1. The molecule has 2 aromatic carbocycles. The standard InChI is InChI=1S/C14H9N3O5/c18-12-6-5-8(16(19)20)7-10(12)13-9-3-1-2-4-11(9)15-14(13)17(21)22/h1-7,15,18H. The van der Waals surface area contributed by atoms with Gasteiger partial charge in [0.2, 0.25) is 0 Å². The Hall–Kier alpha value is -3.42. The third kappa shape index (κ3) is 2.03. The monoisotopic (exact) mass is 299 g/mol. The molecule has 8 nitrogen and oxygen atoms in total. The summed E-state index contributed by atoms with van der Waals surface area (Å²) in [5.74, 6) is -0.588. The van der Waals surface area contributed by atoms with E-state index in [4.69, 9.17) is 0 Å². The number of fused-ring (bicyclic) bond motifs is 1. The highest BCUT2D eigenvalue weighted by atomic mass is 16.6. The maximum atomic E-state index is 11.3. The maximum absolute atomic E-state index is 11.3. The van der Waals surface area contributed by atoms with Crippen molar-refractivity contribution in [1.82, 2.24) is 4.98 Å². The van der Waals surface area contributed by atoms with Gasteiger partial charge in [0.25, 0.3) is 5.69 Å². The number of nitro benzene ring substituents is 1. The Kier molecular flexibility index (Phi) is 2.99. The van der Waals surface area contributed by atoms with E-state index in [9.17, 15) is 25.3 Å². The average Bonchev–Trinajstić information content (AvgIpc) is 2.87. The van der Waals surface area contributed by atoms with Crippen LogP contribution in [0.3, 0.4) is 0 Å². The molecule has 3 aromatic rings. The van der Waals surface area contributed by atoms with E-state index in [1.807, 2.05) is 0 Å². The van der Waals surface area contributed by atoms with Crippen LogP contribution < -0.4 is 0 Å². The zero-order chi connectivity index (χ0) is 15.9. The molecule has 0 saturated carbocycles. The van der Waals surface area contributed by atoms with Crippen molar-refractivity contribution in [1.29, 1.82) is 0 Å². The van der Waals surface area contributed by atoms with Crippen molar-refractivity contribution in [2.24, 2.45) is 0 Å². The topological polar surface area (TPSA) is 122 Å². The smallest absolute Gasteiger partial charge is 0.329 e. The van der Waals surface area contributed by atoms with Gasteiger partial charge in [-0.1, -0.05) is 12.1 Å². The number of aromatic nitrogens is 1. The number of nitrogens with one attached hydrogen (secondary N) is 1. The molecule has 0 fully saturated rings. The SMILES string of the molecule is O=[N+]([O-])c1ccc(O)c(-c2c([N+](=O)[O-])[nH]c3ccccc23)c1. The second kappa shape index (κ2) is 4.85. The molecule has 0 atom stereocenters. The number of para-hydroxylation sites is 1. The van der Waals surface area contributed by atoms with E-state index in [0.717, 1.165) is 18.2 Å². The van der Waals surface area contributed by atoms with Crippen LogP contribution in [0.15, 0.2) is 42.5 Å². The quantitative estimate of drug-likeness (QED) is 0.567. The lowest BCUT2D eigenvalue weighted by Crippen LogP contribution is -1.92. The second-order valence-corrected chi connectivity index (χ2v) is 4.61. The van der Waals surface area contributed by atoms with E-state index >= 15 is 0 Å². The molecular formula is C14H9N3O5. The Morgan fingerprint density at radius 1 is 1.00 bits per heavy atom. The van der Waals surface area contributed by atoms with Gasteiger partial charge in [-0.15, -0.1) is 0 Å². The number of phenolic OH excluding ortho intramolecular Hbond substituents is 1. The van der Waals surface area contributed by atoms with E-state index in [1.54, 1.807) is 24.3 Å². The number of benzene rings is 2. The highest BCUT2D eigenvalue weighted by Gasteiger charge is 2.25. The van der Waals surface area contributed by atoms with Gasteiger partial charge in [-0.05, 0) is 23.1 Å². The summed E-state index contributed by atoms with van der Waals surface area (Å²) in [4.78, 5) is 23.6. The first-order valence-electron chi connectivity index (χ1n) is 6.22. The van der Waals surface area contributed by atoms with Crippen molar-refractivity contribution in [3.63, 3.8) is 0 Å². The van der Waals surface area contributed by atoms with Gasteiger partial charge in [0.05, 0.1) is 10.5 Å². The minimum Gasteiger partial charge on any atom is -0.507 e. The molecule has 0 aliphatic rings. The molecule has 2 N–H and O–H groups in total. The number of aromatic amines is 1. The van der Waals surface area contributed by atoms with Gasteiger partial charge in [-0.2, -0.15) is 0 Å². The molecule has 110 valence electrons. The van der Waals surface area contributed by atoms with Crippen molar-refractivity contribution in [3.05, 3.63) is 62.7 Å². The zero-order valence-corrected chi connectivity index (χ0v) is 11.0. The van der Waals surface area contributed by atoms with Crippen LogP contribution in [0, 0.1) is 20.2 Å². The number of H-pyrrole nitrogens is 1. The van der Waals surface area contributed by atoms with E-state index in [2.05, 4.69) is 4.98 Å². The molecule has 0 bridgehead atoms. The minimum atomic E-state index is -0.621. The highest BCUT2D eigenvalue weighted by Crippen LogP contribution is 2.42. The van der Waals surface area contributed by atoms with E-state index in [-0.39, 0.29) is 28.4 Å². The summed E-state index contributed by atoms with van der Waals surface area (Å²) in [6.07, 6.45) is 0. The van der Waals surface area contributed by atoms with E-state index < -0.39 is 9.85 Å². The van der Waals surface area contributed by atoms with Crippen LogP contribution in [0.2, 0.25) is 0 Å². The third-order valence-electron chi connectivity index (χ3n) is 3.33. The van der Waals surface area contributed by atoms with Gasteiger partial charge in [0.1, 0.15) is 11.3 Å². The molecule has 0 aliphatic heterocycles. The Morgan fingerprint density at radius 2 is 1.73 bits per heavy atom. The summed E-state index contributed by atoms with van der Waals surface area (Å²) in [5, 5.41) is 32.7. The van der Waals surface area contributed by atoms with Gasteiger partial charge in [0, 0.05) is 23.1 Å². The predicted molar refractivity (Wildman–Crippen MR) is 78.7 cm³/mol. The number of phenols is 1. The second-order valence-electron chi connectivity index (χ2n) is 4.61. The van der Waals surface area contributed by atoms with Gasteiger partial charge >= 0.3 is 5.82 Å². The molecule has 0 spiro atoms. The first kappa shape index (κ1) is 13.6. The highest BCUT2D eigenvalue weighted by molar-refractivity contribution is 6.02.